The molecule has 17 heteroatoms. The van der Waals surface area contributed by atoms with Gasteiger partial charge in [0.15, 0.2) is 0 Å². The summed E-state index contributed by atoms with van der Waals surface area (Å²) in [5.41, 5.74) is 0. The minimum absolute atomic E-state index is 1.56. The van der Waals surface area contributed by atoms with Crippen LogP contribution in [0.25, 0.3) is 0 Å². The minimum atomic E-state index is -7.02. The standard InChI is InChI=1S/C7F14O3/c8-1(2(9)10)3(11,12)22-4(13,14)5(15,16)23-7(20,21)24-6(17,18)19. The summed E-state index contributed by atoms with van der Waals surface area (Å²) < 4.78 is 174. The van der Waals surface area contributed by atoms with Gasteiger partial charge in [0.25, 0.3) is 5.83 Å². The van der Waals surface area contributed by atoms with Crippen molar-refractivity contribution in [2.24, 2.45) is 0 Å². The molecule has 0 saturated heterocycles. The summed E-state index contributed by atoms with van der Waals surface area (Å²) in [5, 5.41) is 0. The number of rotatable bonds is 7. The van der Waals surface area contributed by atoms with Crippen molar-refractivity contribution in [2.45, 2.75) is 31.0 Å². The topological polar surface area (TPSA) is 27.7 Å². The van der Waals surface area contributed by atoms with Crippen LogP contribution >= 0.6 is 0 Å². The van der Waals surface area contributed by atoms with Crippen molar-refractivity contribution in [2.75, 3.05) is 0 Å². The van der Waals surface area contributed by atoms with E-state index in [-0.39, 0.29) is 0 Å². The SMILES string of the molecule is FC(F)=C(F)C(F)(F)OC(F)(F)C(F)(F)OC(F)(F)OC(F)(F)F. The third-order valence-electron chi connectivity index (χ3n) is 1.50. The first-order valence-electron chi connectivity index (χ1n) is 4.62. The van der Waals surface area contributed by atoms with E-state index in [1.165, 1.54) is 0 Å². The molecule has 0 radical (unpaired) electrons. The molecule has 0 N–H and O–H groups in total. The van der Waals surface area contributed by atoms with Crippen molar-refractivity contribution >= 4 is 0 Å². The fourth-order valence-electron chi connectivity index (χ4n) is 0.739. The zero-order valence-corrected chi connectivity index (χ0v) is 10.0. The molecular formula is C7F14O3. The summed E-state index contributed by atoms with van der Waals surface area (Å²) in [5.74, 6) is -4.10. The Labute approximate surface area is 120 Å². The molecule has 0 unspecified atom stereocenters. The highest BCUT2D eigenvalue weighted by Gasteiger charge is 2.69. The molecule has 0 bridgehead atoms. The molecule has 0 aliphatic rings. The molecule has 0 fully saturated rings. The van der Waals surface area contributed by atoms with Crippen molar-refractivity contribution < 1.29 is 75.7 Å². The maximum Gasteiger partial charge on any atom is 0.529 e. The van der Waals surface area contributed by atoms with Gasteiger partial charge in [0.1, 0.15) is 0 Å². The lowest BCUT2D eigenvalue weighted by Gasteiger charge is -2.30. The lowest BCUT2D eigenvalue weighted by Crippen LogP contribution is -2.53. The van der Waals surface area contributed by atoms with Gasteiger partial charge >= 0.3 is 37.1 Å². The zero-order chi connectivity index (χ0) is 19.8. The minimum Gasteiger partial charge on any atom is -0.242 e. The van der Waals surface area contributed by atoms with Crippen LogP contribution in [0.1, 0.15) is 0 Å². The van der Waals surface area contributed by atoms with E-state index in [0.717, 1.165) is 0 Å². The van der Waals surface area contributed by atoms with Crippen LogP contribution < -0.4 is 0 Å². The largest absolute Gasteiger partial charge is 0.529 e. The van der Waals surface area contributed by atoms with Crippen LogP contribution in [0.2, 0.25) is 0 Å². The van der Waals surface area contributed by atoms with Crippen LogP contribution in [0, 0.1) is 0 Å². The molecule has 3 nitrogen and oxygen atoms in total. The number of hydrogen-bond acceptors (Lipinski definition) is 3. The molecule has 0 aromatic carbocycles. The lowest BCUT2D eigenvalue weighted by atomic mass is 10.5. The lowest BCUT2D eigenvalue weighted by molar-refractivity contribution is -0.574. The fourth-order valence-corrected chi connectivity index (χ4v) is 0.739. The predicted molar refractivity (Wildman–Crippen MR) is 39.4 cm³/mol. The van der Waals surface area contributed by atoms with Gasteiger partial charge in [0, 0.05) is 0 Å². The Morgan fingerprint density at radius 2 is 0.917 bits per heavy atom. The molecule has 0 saturated carbocycles. The quantitative estimate of drug-likeness (QED) is 0.448. The van der Waals surface area contributed by atoms with Crippen molar-refractivity contribution in [1.29, 1.82) is 0 Å². The van der Waals surface area contributed by atoms with Gasteiger partial charge in [0.05, 0.1) is 0 Å². The highest BCUT2D eigenvalue weighted by Crippen LogP contribution is 2.46. The summed E-state index contributed by atoms with van der Waals surface area (Å²) >= 11 is 0. The Hall–Kier alpha value is -1.36. The second kappa shape index (κ2) is 6.51. The summed E-state index contributed by atoms with van der Waals surface area (Å²) in [7, 11) is 0. The highest BCUT2D eigenvalue weighted by atomic mass is 19.4. The number of ether oxygens (including phenoxy) is 3. The van der Waals surface area contributed by atoms with E-state index in [1.807, 2.05) is 0 Å². The van der Waals surface area contributed by atoms with Crippen LogP contribution in [-0.4, -0.2) is 31.0 Å². The van der Waals surface area contributed by atoms with Crippen molar-refractivity contribution in [3.05, 3.63) is 11.9 Å². The van der Waals surface area contributed by atoms with Crippen LogP contribution in [0.5, 0.6) is 0 Å². The van der Waals surface area contributed by atoms with E-state index in [1.54, 1.807) is 14.2 Å². The van der Waals surface area contributed by atoms with E-state index < -0.39 is 42.9 Å². The summed E-state index contributed by atoms with van der Waals surface area (Å²) in [4.78, 5) is 0. The van der Waals surface area contributed by atoms with E-state index in [0.29, 0.717) is 0 Å². The Balaban J connectivity index is 5.43. The Morgan fingerprint density at radius 1 is 0.542 bits per heavy atom. The molecule has 0 aliphatic carbocycles. The normalized spacial score (nSPS) is 14.8. The molecule has 144 valence electrons. The number of halogens is 14. The van der Waals surface area contributed by atoms with Gasteiger partial charge in [-0.15, -0.1) is 22.0 Å². The van der Waals surface area contributed by atoms with Crippen LogP contribution in [0.4, 0.5) is 61.5 Å². The monoisotopic (exact) mass is 398 g/mol. The van der Waals surface area contributed by atoms with Crippen molar-refractivity contribution in [3.63, 3.8) is 0 Å². The van der Waals surface area contributed by atoms with Crippen LogP contribution in [0.3, 0.4) is 0 Å². The molecule has 0 aromatic rings. The molecule has 0 amide bonds. The molecule has 0 spiro atoms. The third-order valence-corrected chi connectivity index (χ3v) is 1.50. The van der Waals surface area contributed by atoms with E-state index in [4.69, 9.17) is 0 Å². The molecular weight excluding hydrogens is 398 g/mol. The summed E-state index contributed by atoms with van der Waals surface area (Å²) in [6.45, 7) is 0. The summed E-state index contributed by atoms with van der Waals surface area (Å²) in [6, 6.07) is 0. The summed E-state index contributed by atoms with van der Waals surface area (Å²) in [6.07, 6.45) is -37.5. The zero-order valence-electron chi connectivity index (χ0n) is 10.0. The van der Waals surface area contributed by atoms with Crippen LogP contribution in [0.15, 0.2) is 11.9 Å². The highest BCUT2D eigenvalue weighted by molar-refractivity contribution is 5.00. The molecule has 0 aromatic heterocycles. The fraction of sp³-hybridized carbons (Fsp3) is 0.714. The van der Waals surface area contributed by atoms with Gasteiger partial charge in [-0.25, -0.2) is 9.47 Å². The van der Waals surface area contributed by atoms with E-state index in [2.05, 4.69) is 0 Å². The van der Waals surface area contributed by atoms with Crippen molar-refractivity contribution in [1.82, 2.24) is 0 Å². The maximum absolute atomic E-state index is 12.6. The second-order valence-corrected chi connectivity index (χ2v) is 3.34. The maximum atomic E-state index is 12.6. The first kappa shape index (κ1) is 22.6. The van der Waals surface area contributed by atoms with Gasteiger partial charge in [-0.1, -0.05) is 0 Å². The van der Waals surface area contributed by atoms with Gasteiger partial charge in [-0.3, -0.25) is 0 Å². The molecule has 24 heavy (non-hydrogen) atoms. The van der Waals surface area contributed by atoms with Gasteiger partial charge in [-0.05, 0) is 0 Å². The molecule has 0 heterocycles. The smallest absolute Gasteiger partial charge is 0.242 e. The van der Waals surface area contributed by atoms with E-state index >= 15 is 0 Å². The number of hydrogen-bond donors (Lipinski definition) is 0. The molecule has 0 aliphatic heterocycles. The van der Waals surface area contributed by atoms with Crippen molar-refractivity contribution in [3.8, 4) is 0 Å². The van der Waals surface area contributed by atoms with Gasteiger partial charge < -0.3 is 0 Å². The first-order chi connectivity index (χ1) is 10.2. The second-order valence-electron chi connectivity index (χ2n) is 3.34. The predicted octanol–water partition coefficient (Wildman–Crippen LogP) is 4.96. The molecule has 0 atom stereocenters. The Kier molecular flexibility index (Phi) is 6.14. The average Bonchev–Trinajstić information content (AvgIpc) is 2.20. The van der Waals surface area contributed by atoms with Gasteiger partial charge in [-0.2, -0.15) is 44.3 Å². The van der Waals surface area contributed by atoms with E-state index in [9.17, 15) is 61.5 Å². The number of alkyl halides is 11. The molecule has 0 rings (SSSR count). The first-order valence-corrected chi connectivity index (χ1v) is 4.62. The average molecular weight is 398 g/mol. The van der Waals surface area contributed by atoms with Crippen LogP contribution in [-0.2, 0) is 14.2 Å². The third kappa shape index (κ3) is 6.27. The van der Waals surface area contributed by atoms with Gasteiger partial charge in [0.2, 0.25) is 0 Å². The Bertz CT molecular complexity index is 475. The Morgan fingerprint density at radius 3 is 1.25 bits per heavy atom.